The number of hydrogen-bond donors (Lipinski definition) is 8. The predicted octanol–water partition coefficient (Wildman–Crippen LogP) is -3.66. The van der Waals surface area contributed by atoms with Gasteiger partial charge in [-0.05, 0) is 24.9 Å². The van der Waals surface area contributed by atoms with Crippen molar-refractivity contribution in [1.29, 1.82) is 0 Å². The van der Waals surface area contributed by atoms with E-state index < -0.39 is 72.8 Å². The van der Waals surface area contributed by atoms with Gasteiger partial charge in [-0.25, -0.2) is 4.79 Å². The quantitative estimate of drug-likeness (QED) is 0.107. The number of rotatable bonds is 16. The number of carbonyl (C=O) groups is 6. The molecule has 0 saturated carbocycles. The third-order valence-corrected chi connectivity index (χ3v) is 4.73. The van der Waals surface area contributed by atoms with Crippen LogP contribution in [0.2, 0.25) is 0 Å². The third-order valence-electron chi connectivity index (χ3n) is 4.09. The van der Waals surface area contributed by atoms with E-state index >= 15 is 0 Å². The smallest absolute Gasteiger partial charge is 0.326 e. The molecule has 0 aliphatic carbocycles. The normalized spacial score (nSPS) is 14.3. The summed E-state index contributed by atoms with van der Waals surface area (Å²) >= 11 is 1.46. The lowest BCUT2D eigenvalue weighted by atomic mass is 10.1. The number of carboxylic acids is 2. The van der Waals surface area contributed by atoms with Gasteiger partial charge in [0.2, 0.25) is 23.6 Å². The van der Waals surface area contributed by atoms with E-state index in [1.54, 1.807) is 0 Å². The lowest BCUT2D eigenvalue weighted by molar-refractivity contribution is -0.147. The molecule has 15 heteroatoms. The Morgan fingerprint density at radius 1 is 0.875 bits per heavy atom. The Morgan fingerprint density at radius 2 is 1.41 bits per heavy atom. The maximum absolute atomic E-state index is 12.6. The van der Waals surface area contributed by atoms with E-state index in [0.717, 1.165) is 0 Å². The fourth-order valence-electron chi connectivity index (χ4n) is 2.32. The monoisotopic (exact) mass is 479 g/mol. The van der Waals surface area contributed by atoms with Gasteiger partial charge in [-0.2, -0.15) is 11.8 Å². The van der Waals surface area contributed by atoms with Crippen molar-refractivity contribution in [3.63, 3.8) is 0 Å². The molecule has 0 fully saturated rings. The summed E-state index contributed by atoms with van der Waals surface area (Å²) in [5, 5.41) is 33.5. The summed E-state index contributed by atoms with van der Waals surface area (Å²) in [7, 11) is 0. The molecule has 0 aromatic heterocycles. The van der Waals surface area contributed by atoms with Crippen LogP contribution in [0.3, 0.4) is 0 Å². The fourth-order valence-corrected chi connectivity index (χ4v) is 2.81. The highest BCUT2D eigenvalue weighted by atomic mass is 32.2. The van der Waals surface area contributed by atoms with Gasteiger partial charge in [0.15, 0.2) is 0 Å². The molecule has 10 N–H and O–H groups in total. The number of aliphatic carboxylic acids is 2. The first-order valence-corrected chi connectivity index (χ1v) is 10.8. The number of carbonyl (C=O) groups excluding carboxylic acids is 4. The lowest BCUT2D eigenvalue weighted by Crippen LogP contribution is -2.58. The number of hydrogen-bond acceptors (Lipinski definition) is 9. The second-order valence-electron chi connectivity index (χ2n) is 6.70. The fraction of sp³-hybridized carbons (Fsp3) is 0.647. The molecule has 0 aromatic carbocycles. The molecule has 0 aliphatic rings. The summed E-state index contributed by atoms with van der Waals surface area (Å²) < 4.78 is 0. The van der Waals surface area contributed by atoms with E-state index in [-0.39, 0.29) is 12.8 Å². The first-order valence-electron chi connectivity index (χ1n) is 9.42. The molecule has 4 unspecified atom stereocenters. The van der Waals surface area contributed by atoms with E-state index in [2.05, 4.69) is 10.6 Å². The Kier molecular flexibility index (Phi) is 13.6. The molecule has 0 heterocycles. The number of primary amides is 1. The first-order chi connectivity index (χ1) is 14.9. The molecule has 0 spiro atoms. The van der Waals surface area contributed by atoms with Crippen LogP contribution in [-0.2, 0) is 28.8 Å². The van der Waals surface area contributed by atoms with Crippen molar-refractivity contribution in [3.05, 3.63) is 0 Å². The minimum absolute atomic E-state index is 0.224. The second-order valence-corrected chi connectivity index (χ2v) is 7.68. The first kappa shape index (κ1) is 29.1. The number of amides is 4. The summed E-state index contributed by atoms with van der Waals surface area (Å²) in [6, 6.07) is -5.72. The minimum Gasteiger partial charge on any atom is -0.481 e. The molecule has 182 valence electrons. The van der Waals surface area contributed by atoms with Gasteiger partial charge in [-0.3, -0.25) is 24.0 Å². The Balaban J connectivity index is 5.27. The van der Waals surface area contributed by atoms with E-state index in [0.29, 0.717) is 12.2 Å². The van der Waals surface area contributed by atoms with Gasteiger partial charge in [-0.1, -0.05) is 0 Å². The van der Waals surface area contributed by atoms with E-state index in [4.69, 9.17) is 21.7 Å². The molecule has 0 radical (unpaired) electrons. The summed E-state index contributed by atoms with van der Waals surface area (Å²) in [4.78, 5) is 69.9. The van der Waals surface area contributed by atoms with Crippen molar-refractivity contribution in [2.75, 3.05) is 18.6 Å². The molecule has 0 bridgehead atoms. The number of nitrogens with one attached hydrogen (secondary N) is 3. The minimum atomic E-state index is -1.80. The topological polar surface area (TPSA) is 251 Å². The molecule has 32 heavy (non-hydrogen) atoms. The molecule has 0 aromatic rings. The van der Waals surface area contributed by atoms with Gasteiger partial charge < -0.3 is 42.7 Å². The molecule has 0 rings (SSSR count). The van der Waals surface area contributed by atoms with Crippen molar-refractivity contribution in [3.8, 4) is 0 Å². The van der Waals surface area contributed by atoms with Crippen LogP contribution >= 0.6 is 11.8 Å². The highest BCUT2D eigenvalue weighted by Gasteiger charge is 2.30. The molecule has 0 saturated heterocycles. The molecule has 14 nitrogen and oxygen atoms in total. The molecule has 4 amide bonds. The van der Waals surface area contributed by atoms with Crippen LogP contribution in [0.4, 0.5) is 0 Å². The summed E-state index contributed by atoms with van der Waals surface area (Å²) in [6.45, 7) is -0.958. The second kappa shape index (κ2) is 15.0. The zero-order valence-electron chi connectivity index (χ0n) is 17.4. The van der Waals surface area contributed by atoms with E-state index in [1.807, 2.05) is 11.6 Å². The highest BCUT2D eigenvalue weighted by molar-refractivity contribution is 7.98. The van der Waals surface area contributed by atoms with Crippen LogP contribution in [0, 0.1) is 0 Å². The van der Waals surface area contributed by atoms with E-state index in [9.17, 15) is 33.9 Å². The highest BCUT2D eigenvalue weighted by Crippen LogP contribution is 2.03. The molecular formula is C17H29N5O9S. The maximum atomic E-state index is 12.6. The van der Waals surface area contributed by atoms with Crippen molar-refractivity contribution in [2.24, 2.45) is 11.5 Å². The Morgan fingerprint density at radius 3 is 1.88 bits per heavy atom. The maximum Gasteiger partial charge on any atom is 0.326 e. The van der Waals surface area contributed by atoms with Crippen LogP contribution in [0.25, 0.3) is 0 Å². The summed E-state index contributed by atoms with van der Waals surface area (Å²) in [6.07, 6.45) is 0.698. The van der Waals surface area contributed by atoms with Crippen LogP contribution in [0.1, 0.15) is 25.7 Å². The third kappa shape index (κ3) is 11.5. The van der Waals surface area contributed by atoms with Crippen LogP contribution in [0.15, 0.2) is 0 Å². The Bertz CT molecular complexity index is 706. The van der Waals surface area contributed by atoms with Crippen molar-refractivity contribution < 1.29 is 44.1 Å². The van der Waals surface area contributed by atoms with Gasteiger partial charge in [0.05, 0.1) is 19.1 Å². The van der Waals surface area contributed by atoms with Gasteiger partial charge in [-0.15, -0.1) is 0 Å². The Hall–Kier alpha value is -2.91. The molecule has 4 atom stereocenters. The van der Waals surface area contributed by atoms with Gasteiger partial charge in [0, 0.05) is 6.42 Å². The standard InChI is InChI=1S/C17H29N5O9S/c1-32-5-4-8(18)14(27)20-9(2-3-12(19)24)15(28)22-11(7-23)16(29)21-10(17(30)31)6-13(25)26/h8-11,23H,2-7,18H2,1H3,(H2,19,24)(H,20,27)(H,21,29)(H,22,28)(H,25,26)(H,30,31). The number of aliphatic hydroxyl groups excluding tert-OH is 1. The zero-order chi connectivity index (χ0) is 24.8. The molecular weight excluding hydrogens is 450 g/mol. The molecule has 0 aliphatic heterocycles. The lowest BCUT2D eigenvalue weighted by Gasteiger charge is -2.24. The van der Waals surface area contributed by atoms with Gasteiger partial charge in [0.1, 0.15) is 18.1 Å². The van der Waals surface area contributed by atoms with Crippen LogP contribution in [0.5, 0.6) is 0 Å². The summed E-state index contributed by atoms with van der Waals surface area (Å²) in [5.74, 6) is -6.09. The van der Waals surface area contributed by atoms with Crippen molar-refractivity contribution >= 4 is 47.3 Å². The van der Waals surface area contributed by atoms with Gasteiger partial charge in [0.25, 0.3) is 0 Å². The number of thioether (sulfide) groups is 1. The largest absolute Gasteiger partial charge is 0.481 e. The average Bonchev–Trinajstić information content (AvgIpc) is 2.71. The van der Waals surface area contributed by atoms with Crippen LogP contribution in [-0.4, -0.2) is 93.7 Å². The zero-order valence-corrected chi connectivity index (χ0v) is 18.2. The van der Waals surface area contributed by atoms with Gasteiger partial charge >= 0.3 is 11.9 Å². The summed E-state index contributed by atoms with van der Waals surface area (Å²) in [5.41, 5.74) is 10.8. The van der Waals surface area contributed by atoms with E-state index in [1.165, 1.54) is 11.8 Å². The van der Waals surface area contributed by atoms with Crippen molar-refractivity contribution in [1.82, 2.24) is 16.0 Å². The average molecular weight is 480 g/mol. The number of aliphatic hydroxyl groups is 1. The predicted molar refractivity (Wildman–Crippen MR) is 112 cm³/mol. The van der Waals surface area contributed by atoms with Crippen LogP contribution < -0.4 is 27.4 Å². The Labute approximate surface area is 187 Å². The number of nitrogens with two attached hydrogens (primary N) is 2. The van der Waals surface area contributed by atoms with Crippen molar-refractivity contribution in [2.45, 2.75) is 49.9 Å². The SMILES string of the molecule is CSCCC(N)C(=O)NC(CCC(N)=O)C(=O)NC(CO)C(=O)NC(CC(=O)O)C(=O)O. The number of carboxylic acid groups (broad SMARTS) is 2.